The first-order valence-corrected chi connectivity index (χ1v) is 8.95. The van der Waals surface area contributed by atoms with E-state index in [9.17, 15) is 4.79 Å². The predicted molar refractivity (Wildman–Crippen MR) is 97.4 cm³/mol. The van der Waals surface area contributed by atoms with Crippen LogP contribution in [0.3, 0.4) is 0 Å². The van der Waals surface area contributed by atoms with Crippen LogP contribution < -0.4 is 10.1 Å². The summed E-state index contributed by atoms with van der Waals surface area (Å²) < 4.78 is 6.86. The van der Waals surface area contributed by atoms with E-state index in [1.165, 1.54) is 11.8 Å². The van der Waals surface area contributed by atoms with Crippen molar-refractivity contribution >= 4 is 29.1 Å². The molecule has 0 unspecified atom stereocenters. The van der Waals surface area contributed by atoms with Crippen molar-refractivity contribution in [1.82, 2.24) is 19.6 Å². The second-order valence-corrected chi connectivity index (χ2v) is 6.30. The van der Waals surface area contributed by atoms with Crippen molar-refractivity contribution in [2.45, 2.75) is 25.4 Å². The highest BCUT2D eigenvalue weighted by molar-refractivity contribution is 7.98. The Balaban J connectivity index is 1.85. The number of fused-ring (bicyclic) bond motifs is 1. The third kappa shape index (κ3) is 3.58. The number of amides is 1. The molecule has 0 aliphatic carbocycles. The summed E-state index contributed by atoms with van der Waals surface area (Å²) in [5.41, 5.74) is 3.20. The minimum Gasteiger partial charge on any atom is -0.497 e. The molecule has 0 aliphatic rings. The molecule has 0 saturated heterocycles. The zero-order valence-corrected chi connectivity index (χ0v) is 15.3. The molecule has 0 radical (unpaired) electrons. The molecule has 1 amide bonds. The number of hydrogen-bond acceptors (Lipinski definition) is 6. The monoisotopic (exact) mass is 357 g/mol. The number of carbonyl (C=O) groups excluding carboxylic acids is 1. The fourth-order valence-electron chi connectivity index (χ4n) is 2.60. The van der Waals surface area contributed by atoms with Gasteiger partial charge >= 0.3 is 0 Å². The number of aromatic nitrogens is 4. The number of nitrogens with zero attached hydrogens (tertiary/aromatic N) is 4. The molecule has 3 aromatic rings. The van der Waals surface area contributed by atoms with Crippen molar-refractivity contribution in [3.05, 3.63) is 41.2 Å². The first kappa shape index (κ1) is 17.2. The standard InChI is InChI=1S/C17H19N5O2S/c1-10-14(11(2)22-16(18-10)20-17(21-22)25-4)9-15(23)19-12-6-5-7-13(8-12)24-3/h5-8H,9H2,1-4H3,(H,19,23). The first-order valence-electron chi connectivity index (χ1n) is 7.72. The molecule has 8 heteroatoms. The highest BCUT2D eigenvalue weighted by Crippen LogP contribution is 2.19. The van der Waals surface area contributed by atoms with E-state index in [1.807, 2.05) is 38.3 Å². The summed E-state index contributed by atoms with van der Waals surface area (Å²) in [5, 5.41) is 7.95. The number of benzene rings is 1. The molecule has 1 aromatic carbocycles. The predicted octanol–water partition coefficient (Wildman–Crippen LogP) is 2.65. The van der Waals surface area contributed by atoms with Gasteiger partial charge in [-0.05, 0) is 32.2 Å². The van der Waals surface area contributed by atoms with Gasteiger partial charge in [0.2, 0.25) is 11.1 Å². The minimum atomic E-state index is -0.120. The van der Waals surface area contributed by atoms with Crippen LogP contribution in [0.25, 0.3) is 5.78 Å². The maximum Gasteiger partial charge on any atom is 0.253 e. The molecule has 2 aromatic heterocycles. The summed E-state index contributed by atoms with van der Waals surface area (Å²) in [5.74, 6) is 1.13. The molecule has 0 atom stereocenters. The van der Waals surface area contributed by atoms with Crippen LogP contribution in [0.15, 0.2) is 29.4 Å². The Bertz CT molecular complexity index is 938. The van der Waals surface area contributed by atoms with Crippen molar-refractivity contribution in [1.29, 1.82) is 0 Å². The number of nitrogens with one attached hydrogen (secondary N) is 1. The molecule has 130 valence electrons. The number of hydrogen-bond donors (Lipinski definition) is 1. The fraction of sp³-hybridized carbons (Fsp3) is 0.294. The van der Waals surface area contributed by atoms with Gasteiger partial charge in [-0.25, -0.2) is 9.50 Å². The van der Waals surface area contributed by atoms with Gasteiger partial charge in [0.25, 0.3) is 5.78 Å². The van der Waals surface area contributed by atoms with Gasteiger partial charge in [0.05, 0.1) is 13.5 Å². The molecular weight excluding hydrogens is 338 g/mol. The summed E-state index contributed by atoms with van der Waals surface area (Å²) in [6.45, 7) is 3.81. The van der Waals surface area contributed by atoms with Gasteiger partial charge < -0.3 is 10.1 Å². The second kappa shape index (κ2) is 7.10. The third-order valence-electron chi connectivity index (χ3n) is 3.90. The number of thioether (sulfide) groups is 1. The lowest BCUT2D eigenvalue weighted by Gasteiger charge is -2.11. The number of carbonyl (C=O) groups is 1. The lowest BCUT2D eigenvalue weighted by atomic mass is 10.1. The average molecular weight is 357 g/mol. The van der Waals surface area contributed by atoms with Gasteiger partial charge in [-0.3, -0.25) is 4.79 Å². The molecule has 0 aliphatic heterocycles. The molecule has 0 bridgehead atoms. The maximum absolute atomic E-state index is 12.5. The molecular formula is C17H19N5O2S. The maximum atomic E-state index is 12.5. The molecule has 0 fully saturated rings. The summed E-state index contributed by atoms with van der Waals surface area (Å²) in [6, 6.07) is 7.26. The van der Waals surface area contributed by atoms with Crippen LogP contribution in [-0.2, 0) is 11.2 Å². The second-order valence-electron chi connectivity index (χ2n) is 5.53. The van der Waals surface area contributed by atoms with Crippen molar-refractivity contribution < 1.29 is 9.53 Å². The van der Waals surface area contributed by atoms with Crippen LogP contribution in [0.5, 0.6) is 5.75 Å². The highest BCUT2D eigenvalue weighted by atomic mass is 32.2. The summed E-state index contributed by atoms with van der Waals surface area (Å²) >= 11 is 1.46. The van der Waals surface area contributed by atoms with Gasteiger partial charge in [-0.2, -0.15) is 4.98 Å². The third-order valence-corrected chi connectivity index (χ3v) is 4.44. The van der Waals surface area contributed by atoms with Crippen molar-refractivity contribution in [2.75, 3.05) is 18.7 Å². The molecule has 7 nitrogen and oxygen atoms in total. The van der Waals surface area contributed by atoms with Crippen LogP contribution in [0, 0.1) is 13.8 Å². The van der Waals surface area contributed by atoms with E-state index in [-0.39, 0.29) is 12.3 Å². The molecule has 25 heavy (non-hydrogen) atoms. The quantitative estimate of drug-likeness (QED) is 0.707. The Hall–Kier alpha value is -2.61. The molecule has 3 rings (SSSR count). The number of aryl methyl sites for hydroxylation is 2. The lowest BCUT2D eigenvalue weighted by Crippen LogP contribution is -2.17. The summed E-state index contributed by atoms with van der Waals surface area (Å²) in [4.78, 5) is 21.3. The van der Waals surface area contributed by atoms with E-state index < -0.39 is 0 Å². The van der Waals surface area contributed by atoms with Crippen LogP contribution >= 0.6 is 11.8 Å². The van der Waals surface area contributed by atoms with Crippen LogP contribution in [0.2, 0.25) is 0 Å². The molecule has 1 N–H and O–H groups in total. The number of rotatable bonds is 5. The lowest BCUT2D eigenvalue weighted by molar-refractivity contribution is -0.115. The van der Waals surface area contributed by atoms with Crippen molar-refractivity contribution in [3.8, 4) is 5.75 Å². The van der Waals surface area contributed by atoms with Crippen molar-refractivity contribution in [2.24, 2.45) is 0 Å². The van der Waals surface area contributed by atoms with Gasteiger partial charge in [0.1, 0.15) is 5.75 Å². The minimum absolute atomic E-state index is 0.120. The molecule has 0 spiro atoms. The molecule has 0 saturated carbocycles. The van der Waals surface area contributed by atoms with E-state index in [2.05, 4.69) is 20.4 Å². The van der Waals surface area contributed by atoms with Gasteiger partial charge in [0, 0.05) is 28.7 Å². The normalized spacial score (nSPS) is 10.9. The SMILES string of the molecule is COc1cccc(NC(=O)Cc2c(C)nc3nc(SC)nn3c2C)c1. The number of ether oxygens (including phenoxy) is 1. The van der Waals surface area contributed by atoms with E-state index >= 15 is 0 Å². The number of anilines is 1. The van der Waals surface area contributed by atoms with Crippen LogP contribution in [0.1, 0.15) is 17.0 Å². The van der Waals surface area contributed by atoms with E-state index in [4.69, 9.17) is 4.74 Å². The van der Waals surface area contributed by atoms with Gasteiger partial charge in [0.15, 0.2) is 0 Å². The van der Waals surface area contributed by atoms with Crippen LogP contribution in [-0.4, -0.2) is 38.9 Å². The Kier molecular flexibility index (Phi) is 4.89. The largest absolute Gasteiger partial charge is 0.497 e. The van der Waals surface area contributed by atoms with Crippen molar-refractivity contribution in [3.63, 3.8) is 0 Å². The van der Waals surface area contributed by atoms with Gasteiger partial charge in [-0.1, -0.05) is 17.8 Å². The Labute approximate surface area is 149 Å². The highest BCUT2D eigenvalue weighted by Gasteiger charge is 2.16. The van der Waals surface area contributed by atoms with Crippen LogP contribution in [0.4, 0.5) is 5.69 Å². The summed E-state index contributed by atoms with van der Waals surface area (Å²) in [7, 11) is 1.59. The smallest absolute Gasteiger partial charge is 0.253 e. The number of methoxy groups -OCH3 is 1. The summed E-state index contributed by atoms with van der Waals surface area (Å²) in [6.07, 6.45) is 2.13. The fourth-order valence-corrected chi connectivity index (χ4v) is 2.94. The van der Waals surface area contributed by atoms with E-state index in [0.717, 1.165) is 17.0 Å². The Morgan fingerprint density at radius 2 is 2.12 bits per heavy atom. The van der Waals surface area contributed by atoms with E-state index in [0.29, 0.717) is 22.4 Å². The average Bonchev–Trinajstić information content (AvgIpc) is 3.02. The van der Waals surface area contributed by atoms with Gasteiger partial charge in [-0.15, -0.1) is 5.10 Å². The molecule has 2 heterocycles. The zero-order valence-electron chi connectivity index (χ0n) is 14.5. The van der Waals surface area contributed by atoms with E-state index in [1.54, 1.807) is 17.7 Å². The topological polar surface area (TPSA) is 81.4 Å². The Morgan fingerprint density at radius 3 is 2.84 bits per heavy atom. The first-order chi connectivity index (χ1) is 12.0. The zero-order chi connectivity index (χ0) is 18.0. The Morgan fingerprint density at radius 1 is 1.32 bits per heavy atom.